The fraction of sp³-hybridized carbons (Fsp3) is 0.200. The summed E-state index contributed by atoms with van der Waals surface area (Å²) in [7, 11) is 0. The number of hydrogen-bond donors (Lipinski definition) is 1. The summed E-state index contributed by atoms with van der Waals surface area (Å²) in [5.74, 6) is -4.65. The lowest BCUT2D eigenvalue weighted by molar-refractivity contribution is -0.289. The predicted molar refractivity (Wildman–Crippen MR) is 73.2 cm³/mol. The summed E-state index contributed by atoms with van der Waals surface area (Å²) < 4.78 is 68.4. The largest absolute Gasteiger partial charge is 0.458 e. The quantitative estimate of drug-likeness (QED) is 0.487. The molecular formula is C15H14F5NO. The SMILES string of the molecule is C=C/C=C(Oc1ccc(C(F)(F)C(F)(F)F)cc1)\C(N)=C/C. The van der Waals surface area contributed by atoms with Crippen LogP contribution in [0.4, 0.5) is 22.0 Å². The Morgan fingerprint density at radius 3 is 2.09 bits per heavy atom. The van der Waals surface area contributed by atoms with Gasteiger partial charge in [-0.25, -0.2) is 0 Å². The van der Waals surface area contributed by atoms with Gasteiger partial charge in [-0.2, -0.15) is 22.0 Å². The number of allylic oxidation sites excluding steroid dienone is 3. The minimum Gasteiger partial charge on any atom is -0.455 e. The first-order valence-electron chi connectivity index (χ1n) is 6.11. The Labute approximate surface area is 124 Å². The molecule has 0 aliphatic rings. The van der Waals surface area contributed by atoms with Crippen LogP contribution in [0.3, 0.4) is 0 Å². The smallest absolute Gasteiger partial charge is 0.455 e. The van der Waals surface area contributed by atoms with Gasteiger partial charge in [-0.3, -0.25) is 0 Å². The lowest BCUT2D eigenvalue weighted by atomic mass is 10.1. The van der Waals surface area contributed by atoms with Crippen molar-refractivity contribution in [1.82, 2.24) is 0 Å². The Morgan fingerprint density at radius 1 is 1.14 bits per heavy atom. The second kappa shape index (κ2) is 6.64. The first-order chi connectivity index (χ1) is 10.1. The maximum absolute atomic E-state index is 13.1. The van der Waals surface area contributed by atoms with E-state index >= 15 is 0 Å². The van der Waals surface area contributed by atoms with Crippen LogP contribution in [0.1, 0.15) is 12.5 Å². The van der Waals surface area contributed by atoms with Crippen molar-refractivity contribution in [2.45, 2.75) is 19.0 Å². The highest BCUT2D eigenvalue weighted by Crippen LogP contribution is 2.44. The molecule has 0 aromatic heterocycles. The predicted octanol–water partition coefficient (Wildman–Crippen LogP) is 4.65. The van der Waals surface area contributed by atoms with Crippen molar-refractivity contribution >= 4 is 0 Å². The summed E-state index contributed by atoms with van der Waals surface area (Å²) in [4.78, 5) is 0. The molecule has 2 N–H and O–H groups in total. The minimum atomic E-state index is -5.65. The van der Waals surface area contributed by atoms with E-state index in [1.54, 1.807) is 13.0 Å². The molecule has 0 aliphatic carbocycles. The number of benzene rings is 1. The second-order valence-electron chi connectivity index (χ2n) is 4.21. The molecule has 1 rings (SSSR count). The van der Waals surface area contributed by atoms with Gasteiger partial charge in [-0.05, 0) is 37.3 Å². The van der Waals surface area contributed by atoms with Gasteiger partial charge in [0.1, 0.15) is 11.5 Å². The lowest BCUT2D eigenvalue weighted by Gasteiger charge is -2.20. The molecule has 0 heterocycles. The molecule has 0 radical (unpaired) electrons. The molecule has 0 saturated carbocycles. The molecule has 0 amide bonds. The summed E-state index contributed by atoms with van der Waals surface area (Å²) >= 11 is 0. The van der Waals surface area contributed by atoms with Crippen LogP contribution in [0.25, 0.3) is 0 Å². The van der Waals surface area contributed by atoms with Crippen LogP contribution in [0.5, 0.6) is 5.75 Å². The monoisotopic (exact) mass is 319 g/mol. The first-order valence-corrected chi connectivity index (χ1v) is 6.11. The molecule has 0 bridgehead atoms. The van der Waals surface area contributed by atoms with Gasteiger partial charge in [-0.1, -0.05) is 18.7 Å². The Morgan fingerprint density at radius 2 is 1.68 bits per heavy atom. The number of alkyl halides is 5. The summed E-state index contributed by atoms with van der Waals surface area (Å²) in [6.45, 7) is 5.12. The highest BCUT2D eigenvalue weighted by Gasteiger charge is 2.58. The average molecular weight is 319 g/mol. The van der Waals surface area contributed by atoms with Crippen LogP contribution in [-0.2, 0) is 5.92 Å². The maximum atomic E-state index is 13.1. The highest BCUT2D eigenvalue weighted by molar-refractivity contribution is 5.35. The lowest BCUT2D eigenvalue weighted by Crippen LogP contribution is -2.33. The molecule has 0 saturated heterocycles. The number of hydrogen-bond acceptors (Lipinski definition) is 2. The molecule has 1 aromatic carbocycles. The number of nitrogens with two attached hydrogens (primary N) is 1. The standard InChI is InChI=1S/C15H14F5NO/c1-3-5-13(12(21)4-2)22-11-8-6-10(7-9-11)14(16,17)15(18,19)20/h3-9H,1,21H2,2H3/b12-4+,13-5+. The van der Waals surface area contributed by atoms with E-state index in [2.05, 4.69) is 6.58 Å². The molecule has 120 valence electrons. The van der Waals surface area contributed by atoms with Gasteiger partial charge in [0.25, 0.3) is 0 Å². The zero-order valence-corrected chi connectivity index (χ0v) is 11.6. The van der Waals surface area contributed by atoms with E-state index in [0.717, 1.165) is 12.1 Å². The Kier molecular flexibility index (Phi) is 5.35. The van der Waals surface area contributed by atoms with Gasteiger partial charge >= 0.3 is 12.1 Å². The Balaban J connectivity index is 3.04. The third-order valence-corrected chi connectivity index (χ3v) is 2.67. The molecule has 2 nitrogen and oxygen atoms in total. The van der Waals surface area contributed by atoms with E-state index in [1.165, 1.54) is 12.2 Å². The Bertz CT molecular complexity index is 585. The first kappa shape index (κ1) is 17.7. The molecule has 0 atom stereocenters. The summed E-state index contributed by atoms with van der Waals surface area (Å²) in [6, 6.07) is 3.32. The molecule has 0 aliphatic heterocycles. The zero-order chi connectivity index (χ0) is 17.0. The normalized spacial score (nSPS) is 13.9. The van der Waals surface area contributed by atoms with Gasteiger partial charge in [0, 0.05) is 5.56 Å². The second-order valence-corrected chi connectivity index (χ2v) is 4.21. The maximum Gasteiger partial charge on any atom is 0.458 e. The molecule has 0 fully saturated rings. The zero-order valence-electron chi connectivity index (χ0n) is 11.6. The fourth-order valence-corrected chi connectivity index (χ4v) is 1.46. The third kappa shape index (κ3) is 3.87. The van der Waals surface area contributed by atoms with Crippen molar-refractivity contribution < 1.29 is 26.7 Å². The van der Waals surface area contributed by atoms with Crippen LogP contribution < -0.4 is 10.5 Å². The molecule has 7 heteroatoms. The minimum absolute atomic E-state index is 0.0691. The van der Waals surface area contributed by atoms with E-state index in [-0.39, 0.29) is 17.2 Å². The summed E-state index contributed by atoms with van der Waals surface area (Å²) in [5, 5.41) is 0. The van der Waals surface area contributed by atoms with E-state index in [4.69, 9.17) is 10.5 Å². The van der Waals surface area contributed by atoms with Crippen molar-refractivity contribution in [2.75, 3.05) is 0 Å². The molecule has 0 spiro atoms. The van der Waals surface area contributed by atoms with Crippen molar-refractivity contribution in [3.63, 3.8) is 0 Å². The average Bonchev–Trinajstić information content (AvgIpc) is 2.45. The van der Waals surface area contributed by atoms with E-state index in [0.29, 0.717) is 12.1 Å². The molecule has 1 aromatic rings. The number of halogens is 5. The van der Waals surface area contributed by atoms with Crippen molar-refractivity contribution in [3.8, 4) is 5.75 Å². The van der Waals surface area contributed by atoms with Gasteiger partial charge in [0.05, 0.1) is 5.70 Å². The number of ether oxygens (including phenoxy) is 1. The van der Waals surface area contributed by atoms with Crippen LogP contribution in [-0.4, -0.2) is 6.18 Å². The topological polar surface area (TPSA) is 35.2 Å². The highest BCUT2D eigenvalue weighted by atomic mass is 19.4. The van der Waals surface area contributed by atoms with Crippen LogP contribution in [0.15, 0.2) is 60.5 Å². The van der Waals surface area contributed by atoms with Crippen LogP contribution in [0, 0.1) is 0 Å². The van der Waals surface area contributed by atoms with Crippen molar-refractivity contribution in [3.05, 3.63) is 66.1 Å². The Hall–Kier alpha value is -2.31. The fourth-order valence-electron chi connectivity index (χ4n) is 1.46. The van der Waals surface area contributed by atoms with Crippen molar-refractivity contribution in [2.24, 2.45) is 5.73 Å². The number of rotatable bonds is 5. The van der Waals surface area contributed by atoms with E-state index in [9.17, 15) is 22.0 Å². The van der Waals surface area contributed by atoms with Crippen LogP contribution >= 0.6 is 0 Å². The third-order valence-electron chi connectivity index (χ3n) is 2.67. The summed E-state index contributed by atoms with van der Waals surface area (Å²) in [6.07, 6.45) is -1.27. The van der Waals surface area contributed by atoms with Crippen LogP contribution in [0.2, 0.25) is 0 Å². The van der Waals surface area contributed by atoms with Crippen molar-refractivity contribution in [1.29, 1.82) is 0 Å². The van der Waals surface area contributed by atoms with Gasteiger partial charge in [0.2, 0.25) is 0 Å². The van der Waals surface area contributed by atoms with Gasteiger partial charge < -0.3 is 10.5 Å². The molecule has 0 unspecified atom stereocenters. The van der Waals surface area contributed by atoms with Gasteiger partial charge in [-0.15, -0.1) is 0 Å². The van der Waals surface area contributed by atoms with E-state index < -0.39 is 17.7 Å². The van der Waals surface area contributed by atoms with E-state index in [1.807, 2.05) is 0 Å². The molecular weight excluding hydrogens is 305 g/mol. The molecule has 22 heavy (non-hydrogen) atoms. The summed E-state index contributed by atoms with van der Waals surface area (Å²) in [5.41, 5.74) is 4.76. The van der Waals surface area contributed by atoms with Gasteiger partial charge in [0.15, 0.2) is 0 Å².